The van der Waals surface area contributed by atoms with Crippen molar-refractivity contribution in [3.63, 3.8) is 0 Å². The van der Waals surface area contributed by atoms with E-state index in [-0.39, 0.29) is 10.5 Å². The van der Waals surface area contributed by atoms with Gasteiger partial charge in [-0.25, -0.2) is 14.3 Å². The molecule has 3 N–H and O–H groups in total. The van der Waals surface area contributed by atoms with Gasteiger partial charge >= 0.3 is 0 Å². The Bertz CT molecular complexity index is 596. The van der Waals surface area contributed by atoms with Gasteiger partial charge in [-0.15, -0.1) is 0 Å². The van der Waals surface area contributed by atoms with Crippen molar-refractivity contribution < 1.29 is 13.2 Å². The van der Waals surface area contributed by atoms with Gasteiger partial charge in [-0.05, 0) is 13.1 Å². The molecule has 110 valence electrons. The zero-order valence-corrected chi connectivity index (χ0v) is 11.9. The van der Waals surface area contributed by atoms with E-state index in [1.807, 2.05) is 12.5 Å². The molecule has 2 heterocycles. The van der Waals surface area contributed by atoms with Gasteiger partial charge in [0.25, 0.3) is 5.91 Å². The minimum Gasteiger partial charge on any atom is -0.304 e. The number of hydrazine groups is 1. The third kappa shape index (κ3) is 2.96. The number of likely N-dealkylation sites (N-methyl/N-ethyl adjacent to an activating group) is 1. The van der Waals surface area contributed by atoms with Crippen LogP contribution in [0.1, 0.15) is 10.4 Å². The van der Waals surface area contributed by atoms with Crippen LogP contribution in [0.2, 0.25) is 0 Å². The lowest BCUT2D eigenvalue weighted by molar-refractivity contribution is 0.0953. The Morgan fingerprint density at radius 1 is 1.30 bits per heavy atom. The number of piperazine rings is 1. The molecule has 0 atom stereocenters. The van der Waals surface area contributed by atoms with Crippen molar-refractivity contribution in [2.75, 3.05) is 33.2 Å². The lowest BCUT2D eigenvalue weighted by Crippen LogP contribution is -2.47. The number of hydrogen-bond acceptors (Lipinski definition) is 6. The largest absolute Gasteiger partial charge is 0.304 e. The SMILES string of the molecule is CN1CCN(S(=O)(=O)c2cncc(C(=O)NN)c2)CC1. The van der Waals surface area contributed by atoms with E-state index in [9.17, 15) is 13.2 Å². The number of nitrogens with zero attached hydrogens (tertiary/aromatic N) is 3. The lowest BCUT2D eigenvalue weighted by Gasteiger charge is -2.31. The Morgan fingerprint density at radius 2 is 1.95 bits per heavy atom. The number of rotatable bonds is 3. The highest BCUT2D eigenvalue weighted by molar-refractivity contribution is 7.89. The van der Waals surface area contributed by atoms with Crippen LogP contribution in [0.25, 0.3) is 0 Å². The summed E-state index contributed by atoms with van der Waals surface area (Å²) in [5.41, 5.74) is 2.06. The molecule has 0 radical (unpaired) electrons. The first-order valence-electron chi connectivity index (χ1n) is 6.10. The smallest absolute Gasteiger partial charge is 0.266 e. The Hall–Kier alpha value is -1.55. The van der Waals surface area contributed by atoms with Gasteiger partial charge in [-0.1, -0.05) is 0 Å². The predicted molar refractivity (Wildman–Crippen MR) is 72.1 cm³/mol. The summed E-state index contributed by atoms with van der Waals surface area (Å²) in [7, 11) is -1.68. The van der Waals surface area contributed by atoms with Crippen LogP contribution in [0.5, 0.6) is 0 Å². The van der Waals surface area contributed by atoms with Gasteiger partial charge < -0.3 is 4.90 Å². The van der Waals surface area contributed by atoms with Crippen LogP contribution < -0.4 is 11.3 Å². The number of amides is 1. The second-order valence-corrected chi connectivity index (χ2v) is 6.53. The van der Waals surface area contributed by atoms with Crippen LogP contribution >= 0.6 is 0 Å². The molecule has 8 nitrogen and oxygen atoms in total. The number of carbonyl (C=O) groups is 1. The number of carbonyl (C=O) groups excluding carboxylic acids is 1. The highest BCUT2D eigenvalue weighted by Crippen LogP contribution is 2.17. The lowest BCUT2D eigenvalue weighted by atomic mass is 10.3. The monoisotopic (exact) mass is 299 g/mol. The maximum atomic E-state index is 12.5. The Morgan fingerprint density at radius 3 is 2.55 bits per heavy atom. The van der Waals surface area contributed by atoms with Crippen LogP contribution in [-0.4, -0.2) is 61.7 Å². The summed E-state index contributed by atoms with van der Waals surface area (Å²) >= 11 is 0. The Kier molecular flexibility index (Phi) is 4.33. The molecule has 0 aliphatic carbocycles. The fourth-order valence-electron chi connectivity index (χ4n) is 1.94. The van der Waals surface area contributed by atoms with E-state index in [4.69, 9.17) is 5.84 Å². The normalized spacial score (nSPS) is 17.9. The molecule has 1 amide bonds. The number of nitrogen functional groups attached to an aromatic ring is 1. The maximum absolute atomic E-state index is 12.5. The second kappa shape index (κ2) is 5.83. The van der Waals surface area contributed by atoms with Crippen molar-refractivity contribution in [3.8, 4) is 0 Å². The molecule has 9 heteroatoms. The van der Waals surface area contributed by atoms with Gasteiger partial charge in [0, 0.05) is 38.6 Å². The van der Waals surface area contributed by atoms with E-state index >= 15 is 0 Å². The highest BCUT2D eigenvalue weighted by atomic mass is 32.2. The molecule has 0 aromatic carbocycles. The molecular formula is C11H17N5O3S. The van der Waals surface area contributed by atoms with Crippen LogP contribution in [0, 0.1) is 0 Å². The van der Waals surface area contributed by atoms with Crippen molar-refractivity contribution in [2.24, 2.45) is 5.84 Å². The molecule has 0 spiro atoms. The third-order valence-corrected chi connectivity index (χ3v) is 5.07. The highest BCUT2D eigenvalue weighted by Gasteiger charge is 2.28. The van der Waals surface area contributed by atoms with E-state index in [1.54, 1.807) is 0 Å². The molecule has 20 heavy (non-hydrogen) atoms. The minimum absolute atomic E-state index is 0.00292. The minimum atomic E-state index is -3.63. The van der Waals surface area contributed by atoms with Crippen LogP contribution in [-0.2, 0) is 10.0 Å². The summed E-state index contributed by atoms with van der Waals surface area (Å²) in [6, 6.07) is 1.28. The molecule has 0 unspecified atom stereocenters. The molecule has 0 bridgehead atoms. The van der Waals surface area contributed by atoms with E-state index in [1.165, 1.54) is 22.8 Å². The number of nitrogens with one attached hydrogen (secondary N) is 1. The molecule has 1 fully saturated rings. The van der Waals surface area contributed by atoms with Gasteiger partial charge in [-0.3, -0.25) is 15.2 Å². The predicted octanol–water partition coefficient (Wildman–Crippen LogP) is -1.38. The fourth-order valence-corrected chi connectivity index (χ4v) is 3.36. The summed E-state index contributed by atoms with van der Waals surface area (Å²) in [5.74, 6) is 4.45. The van der Waals surface area contributed by atoms with Crippen molar-refractivity contribution in [1.29, 1.82) is 0 Å². The third-order valence-electron chi connectivity index (χ3n) is 3.21. The summed E-state index contributed by atoms with van der Waals surface area (Å²) in [6.45, 7) is 2.20. The van der Waals surface area contributed by atoms with E-state index in [0.29, 0.717) is 26.2 Å². The zero-order valence-electron chi connectivity index (χ0n) is 11.1. The van der Waals surface area contributed by atoms with Gasteiger partial charge in [0.05, 0.1) is 5.56 Å². The molecule has 1 aromatic heterocycles. The first-order chi connectivity index (χ1) is 9.45. The van der Waals surface area contributed by atoms with Crippen LogP contribution in [0.3, 0.4) is 0 Å². The number of sulfonamides is 1. The van der Waals surface area contributed by atoms with Crippen molar-refractivity contribution in [1.82, 2.24) is 19.6 Å². The summed E-state index contributed by atoms with van der Waals surface area (Å²) < 4.78 is 26.3. The quantitative estimate of drug-likeness (QED) is 0.404. The first-order valence-corrected chi connectivity index (χ1v) is 7.54. The van der Waals surface area contributed by atoms with Crippen LogP contribution in [0.15, 0.2) is 23.4 Å². The van der Waals surface area contributed by atoms with E-state index < -0.39 is 15.9 Å². The number of aromatic nitrogens is 1. The molecule has 0 saturated carbocycles. The van der Waals surface area contributed by atoms with Crippen molar-refractivity contribution in [3.05, 3.63) is 24.0 Å². The fraction of sp³-hybridized carbons (Fsp3) is 0.455. The van der Waals surface area contributed by atoms with Crippen LogP contribution in [0.4, 0.5) is 0 Å². The number of hydrogen-bond donors (Lipinski definition) is 2. The van der Waals surface area contributed by atoms with Gasteiger partial charge in [0.1, 0.15) is 4.90 Å². The molecule has 1 aromatic rings. The molecular weight excluding hydrogens is 282 g/mol. The van der Waals surface area contributed by atoms with Gasteiger partial charge in [0.15, 0.2) is 0 Å². The van der Waals surface area contributed by atoms with Crippen molar-refractivity contribution >= 4 is 15.9 Å². The summed E-state index contributed by atoms with van der Waals surface area (Å²) in [6.07, 6.45) is 2.51. The van der Waals surface area contributed by atoms with E-state index in [0.717, 1.165) is 0 Å². The molecule has 2 rings (SSSR count). The Labute approximate surface area is 117 Å². The molecule has 1 aliphatic rings. The standard InChI is InChI=1S/C11H17N5O3S/c1-15-2-4-16(5-3-15)20(18,19)10-6-9(7-13-8-10)11(17)14-12/h6-8H,2-5,12H2,1H3,(H,14,17). The van der Waals surface area contributed by atoms with Gasteiger partial charge in [0.2, 0.25) is 10.0 Å². The zero-order chi connectivity index (χ0) is 14.8. The summed E-state index contributed by atoms with van der Waals surface area (Å²) in [4.78, 5) is 17.3. The first kappa shape index (κ1) is 14.9. The van der Waals surface area contributed by atoms with E-state index in [2.05, 4.69) is 9.88 Å². The van der Waals surface area contributed by atoms with Gasteiger partial charge in [-0.2, -0.15) is 4.31 Å². The molecule has 1 aliphatic heterocycles. The number of nitrogens with two attached hydrogens (primary N) is 1. The average Bonchev–Trinajstić information content (AvgIpc) is 2.47. The Balaban J connectivity index is 2.28. The van der Waals surface area contributed by atoms with Crippen molar-refractivity contribution in [2.45, 2.75) is 4.90 Å². The maximum Gasteiger partial charge on any atom is 0.266 e. The number of pyridine rings is 1. The second-order valence-electron chi connectivity index (χ2n) is 4.59. The topological polar surface area (TPSA) is 109 Å². The average molecular weight is 299 g/mol. The molecule has 1 saturated heterocycles. The summed E-state index contributed by atoms with van der Waals surface area (Å²) in [5, 5.41) is 0.